The van der Waals surface area contributed by atoms with E-state index in [4.69, 9.17) is 4.42 Å². The Balaban J connectivity index is 1.75. The molecule has 0 aliphatic heterocycles. The molecule has 3 aromatic rings. The zero-order valence-electron chi connectivity index (χ0n) is 17.5. The summed E-state index contributed by atoms with van der Waals surface area (Å²) in [6, 6.07) is 11.8. The fraction of sp³-hybridized carbons (Fsp3) is 0.286. The van der Waals surface area contributed by atoms with Crippen LogP contribution < -0.4 is 5.32 Å². The molecule has 0 fully saturated rings. The highest BCUT2D eigenvalue weighted by molar-refractivity contribution is 7.89. The summed E-state index contributed by atoms with van der Waals surface area (Å²) in [5, 5.41) is 10.6. The van der Waals surface area contributed by atoms with Crippen molar-refractivity contribution >= 4 is 15.9 Å². The highest BCUT2D eigenvalue weighted by Gasteiger charge is 2.21. The third kappa shape index (κ3) is 4.42. The van der Waals surface area contributed by atoms with E-state index in [1.165, 1.54) is 26.2 Å². The summed E-state index contributed by atoms with van der Waals surface area (Å²) in [7, 11) is -0.601. The van der Waals surface area contributed by atoms with Crippen LogP contribution in [0.1, 0.15) is 40.3 Å². The van der Waals surface area contributed by atoms with Crippen LogP contribution in [0.25, 0.3) is 11.5 Å². The van der Waals surface area contributed by atoms with Crippen molar-refractivity contribution in [2.45, 2.75) is 31.7 Å². The Morgan fingerprint density at radius 1 is 1.07 bits per heavy atom. The van der Waals surface area contributed by atoms with Crippen molar-refractivity contribution in [2.24, 2.45) is 0 Å². The predicted molar refractivity (Wildman–Crippen MR) is 112 cm³/mol. The van der Waals surface area contributed by atoms with Gasteiger partial charge in [-0.2, -0.15) is 0 Å². The summed E-state index contributed by atoms with van der Waals surface area (Å²) in [5.41, 5.74) is 3.76. The number of rotatable bonds is 6. The number of nitrogens with zero attached hydrogens (tertiary/aromatic N) is 3. The van der Waals surface area contributed by atoms with Gasteiger partial charge < -0.3 is 9.73 Å². The molecule has 0 spiro atoms. The molecule has 0 unspecified atom stereocenters. The number of sulfonamides is 1. The summed E-state index contributed by atoms with van der Waals surface area (Å²) in [5.74, 6) is -0.507. The number of hydrogen-bond donors (Lipinski definition) is 1. The first-order valence-electron chi connectivity index (χ1n) is 9.34. The third-order valence-corrected chi connectivity index (χ3v) is 6.57. The van der Waals surface area contributed by atoms with Crippen LogP contribution in [0.3, 0.4) is 0 Å². The summed E-state index contributed by atoms with van der Waals surface area (Å²) in [6.45, 7) is 5.90. The Morgan fingerprint density at radius 2 is 1.73 bits per heavy atom. The van der Waals surface area contributed by atoms with Crippen molar-refractivity contribution in [3.8, 4) is 11.5 Å². The quantitative estimate of drug-likeness (QED) is 0.647. The van der Waals surface area contributed by atoms with Gasteiger partial charge in [-0.1, -0.05) is 23.8 Å². The number of carbonyl (C=O) groups excluding carboxylic acids is 1. The molecule has 2 aromatic carbocycles. The lowest BCUT2D eigenvalue weighted by Gasteiger charge is -2.16. The molecule has 1 aromatic heterocycles. The highest BCUT2D eigenvalue weighted by Crippen LogP contribution is 2.22. The van der Waals surface area contributed by atoms with Gasteiger partial charge in [-0.3, -0.25) is 4.79 Å². The minimum atomic E-state index is -3.53. The zero-order chi connectivity index (χ0) is 22.1. The van der Waals surface area contributed by atoms with Crippen LogP contribution in [0.5, 0.6) is 0 Å². The van der Waals surface area contributed by atoms with Crippen LogP contribution in [-0.4, -0.2) is 42.9 Å². The van der Waals surface area contributed by atoms with Gasteiger partial charge in [-0.25, -0.2) is 12.7 Å². The average molecular weight is 429 g/mol. The number of carbonyl (C=O) groups is 1. The van der Waals surface area contributed by atoms with Crippen molar-refractivity contribution in [2.75, 3.05) is 14.1 Å². The molecule has 1 atom stereocenters. The number of amides is 1. The van der Waals surface area contributed by atoms with E-state index in [-0.39, 0.29) is 22.7 Å². The predicted octanol–water partition coefficient (Wildman–Crippen LogP) is 3.09. The molecule has 0 radical (unpaired) electrons. The molecule has 8 nitrogen and oxygen atoms in total. The molecule has 0 bridgehead atoms. The Morgan fingerprint density at radius 3 is 2.33 bits per heavy atom. The number of nitrogens with one attached hydrogen (secondary N) is 1. The molecule has 0 saturated carbocycles. The van der Waals surface area contributed by atoms with Crippen molar-refractivity contribution in [1.29, 1.82) is 0 Å². The van der Waals surface area contributed by atoms with Crippen LogP contribution in [0.15, 0.2) is 51.8 Å². The van der Waals surface area contributed by atoms with E-state index in [9.17, 15) is 13.2 Å². The lowest BCUT2D eigenvalue weighted by Crippen LogP contribution is -2.27. The molecule has 0 aliphatic rings. The minimum Gasteiger partial charge on any atom is -0.412 e. The maximum Gasteiger partial charge on any atom is 0.309 e. The number of aryl methyl sites for hydroxylation is 2. The second kappa shape index (κ2) is 8.37. The van der Waals surface area contributed by atoms with Crippen LogP contribution in [0.2, 0.25) is 0 Å². The largest absolute Gasteiger partial charge is 0.412 e. The maximum absolute atomic E-state index is 12.5. The Labute approximate surface area is 176 Å². The number of hydrogen-bond acceptors (Lipinski definition) is 6. The fourth-order valence-electron chi connectivity index (χ4n) is 3.06. The minimum absolute atomic E-state index is 0.133. The van der Waals surface area contributed by atoms with Gasteiger partial charge in [0.2, 0.25) is 15.9 Å². The molecule has 158 valence electrons. The lowest BCUT2D eigenvalue weighted by molar-refractivity contribution is 0.0905. The van der Waals surface area contributed by atoms with E-state index >= 15 is 0 Å². The molecule has 1 N–H and O–H groups in total. The average Bonchev–Trinajstić information content (AvgIpc) is 3.18. The van der Waals surface area contributed by atoms with Gasteiger partial charge in [0.25, 0.3) is 0 Å². The molecule has 9 heteroatoms. The molecule has 3 rings (SSSR count). The van der Waals surface area contributed by atoms with Crippen LogP contribution >= 0.6 is 0 Å². The van der Waals surface area contributed by atoms with Gasteiger partial charge in [0.1, 0.15) is 0 Å². The van der Waals surface area contributed by atoms with Crippen LogP contribution in [0, 0.1) is 13.8 Å². The monoisotopic (exact) mass is 428 g/mol. The van der Waals surface area contributed by atoms with Crippen LogP contribution in [-0.2, 0) is 10.0 Å². The number of aromatic nitrogens is 2. The molecule has 1 amide bonds. The van der Waals surface area contributed by atoms with Crippen molar-refractivity contribution in [3.05, 3.63) is 65.0 Å². The first-order chi connectivity index (χ1) is 14.1. The van der Waals surface area contributed by atoms with E-state index in [0.717, 1.165) is 21.0 Å². The van der Waals surface area contributed by atoms with Crippen LogP contribution in [0.4, 0.5) is 0 Å². The molecular formula is C21H24N4O4S. The molecule has 1 heterocycles. The van der Waals surface area contributed by atoms with E-state index < -0.39 is 15.9 Å². The van der Waals surface area contributed by atoms with Crippen molar-refractivity contribution in [1.82, 2.24) is 19.8 Å². The zero-order valence-corrected chi connectivity index (χ0v) is 18.3. The molecular weight excluding hydrogens is 404 g/mol. The Hall–Kier alpha value is -3.04. The topological polar surface area (TPSA) is 105 Å². The fourth-order valence-corrected chi connectivity index (χ4v) is 3.96. The second-order valence-electron chi connectivity index (χ2n) is 7.28. The standard InChI is InChI=1S/C21H24N4O4S/c1-13-6-11-18(14(2)12-13)15(3)22-19(26)21-24-23-20(29-21)16-7-9-17(10-8-16)30(27,28)25(4)5/h6-12,15H,1-5H3,(H,22,26)/t15-/m1/s1. The van der Waals surface area contributed by atoms with E-state index in [1.807, 2.05) is 32.9 Å². The van der Waals surface area contributed by atoms with Gasteiger partial charge in [0.05, 0.1) is 10.9 Å². The summed E-state index contributed by atoms with van der Waals surface area (Å²) in [4.78, 5) is 12.7. The van der Waals surface area contributed by atoms with Crippen molar-refractivity contribution in [3.63, 3.8) is 0 Å². The third-order valence-electron chi connectivity index (χ3n) is 4.74. The van der Waals surface area contributed by atoms with E-state index in [2.05, 4.69) is 21.6 Å². The summed E-state index contributed by atoms with van der Waals surface area (Å²) < 4.78 is 30.9. The molecule has 0 saturated heterocycles. The van der Waals surface area contributed by atoms with Gasteiger partial charge in [-0.05, 0) is 56.2 Å². The first-order valence-corrected chi connectivity index (χ1v) is 10.8. The Bertz CT molecular complexity index is 1170. The number of benzene rings is 2. The Kier molecular flexibility index (Phi) is 6.04. The van der Waals surface area contributed by atoms with Crippen molar-refractivity contribution < 1.29 is 17.6 Å². The van der Waals surface area contributed by atoms with Gasteiger partial charge >= 0.3 is 11.8 Å². The first kappa shape index (κ1) is 21.7. The SMILES string of the molecule is Cc1ccc([C@@H](C)NC(=O)c2nnc(-c3ccc(S(=O)(=O)N(C)C)cc3)o2)c(C)c1. The normalized spacial score (nSPS) is 12.7. The highest BCUT2D eigenvalue weighted by atomic mass is 32.2. The molecule has 30 heavy (non-hydrogen) atoms. The van der Waals surface area contributed by atoms with E-state index in [0.29, 0.717) is 5.56 Å². The van der Waals surface area contributed by atoms with Gasteiger partial charge in [0, 0.05) is 19.7 Å². The van der Waals surface area contributed by atoms with Gasteiger partial charge in [0.15, 0.2) is 0 Å². The van der Waals surface area contributed by atoms with Gasteiger partial charge in [-0.15, -0.1) is 10.2 Å². The summed E-state index contributed by atoms with van der Waals surface area (Å²) >= 11 is 0. The summed E-state index contributed by atoms with van der Waals surface area (Å²) in [6.07, 6.45) is 0. The smallest absolute Gasteiger partial charge is 0.309 e. The second-order valence-corrected chi connectivity index (χ2v) is 9.43. The lowest BCUT2D eigenvalue weighted by atomic mass is 10.0. The maximum atomic E-state index is 12.5. The molecule has 0 aliphatic carbocycles. The van der Waals surface area contributed by atoms with E-state index in [1.54, 1.807) is 12.1 Å².